The van der Waals surface area contributed by atoms with Gasteiger partial charge in [-0.25, -0.2) is 0 Å². The predicted molar refractivity (Wildman–Crippen MR) is 107 cm³/mol. The van der Waals surface area contributed by atoms with Gasteiger partial charge in [0.15, 0.2) is 0 Å². The zero-order valence-corrected chi connectivity index (χ0v) is 15.0. The van der Waals surface area contributed by atoms with Crippen LogP contribution in [0.3, 0.4) is 0 Å². The maximum atomic E-state index is 5.32. The molecule has 1 aromatic heterocycles. The third-order valence-electron chi connectivity index (χ3n) is 3.96. The Labute approximate surface area is 156 Å². The lowest BCUT2D eigenvalue weighted by molar-refractivity contribution is 0.481. The summed E-state index contributed by atoms with van der Waals surface area (Å²) >= 11 is 0. The van der Waals surface area contributed by atoms with Crippen molar-refractivity contribution in [2.24, 2.45) is 0 Å². The van der Waals surface area contributed by atoms with Crippen LogP contribution in [-0.2, 0) is 6.54 Å². The summed E-state index contributed by atoms with van der Waals surface area (Å²) in [5.74, 6) is 0.986. The van der Waals surface area contributed by atoms with Crippen LogP contribution in [0.2, 0.25) is 0 Å². The topological polar surface area (TPSA) is 25.2 Å². The summed E-state index contributed by atoms with van der Waals surface area (Å²) < 4.78 is 5.32. The Morgan fingerprint density at radius 2 is 1.48 bits per heavy atom. The normalized spacial score (nSPS) is 10.1. The number of halogens is 1. The molecule has 0 fully saturated rings. The van der Waals surface area contributed by atoms with E-state index in [0.717, 1.165) is 31.7 Å². The van der Waals surface area contributed by atoms with Gasteiger partial charge >= 0.3 is 0 Å². The number of hydrogen-bond acceptors (Lipinski definition) is 2. The molecule has 25 heavy (non-hydrogen) atoms. The molecule has 0 aliphatic carbocycles. The van der Waals surface area contributed by atoms with E-state index in [9.17, 15) is 0 Å². The number of unbranched alkanes of at least 4 members (excludes halogenated alkanes) is 1. The Balaban J connectivity index is 0.00000225. The van der Waals surface area contributed by atoms with Gasteiger partial charge < -0.3 is 9.73 Å². The van der Waals surface area contributed by atoms with Crippen LogP contribution in [0.1, 0.15) is 29.7 Å². The SMILES string of the molecule is C(CCCNCc1ccco1)=C(c1ccccc1)c1ccccc1.Cl. The summed E-state index contributed by atoms with van der Waals surface area (Å²) in [7, 11) is 0. The second-order valence-electron chi connectivity index (χ2n) is 5.75. The van der Waals surface area contributed by atoms with Gasteiger partial charge in [0.1, 0.15) is 5.76 Å². The van der Waals surface area contributed by atoms with E-state index in [1.54, 1.807) is 6.26 Å². The highest BCUT2D eigenvalue weighted by molar-refractivity contribution is 5.85. The molecule has 130 valence electrons. The standard InChI is InChI=1S/C22H23NO.ClH/c1-3-10-19(11-4-1)22(20-12-5-2-6-13-20)15-7-8-16-23-18-21-14-9-17-24-21;/h1-6,9-15,17,23H,7-8,16,18H2;1H. The molecule has 0 spiro atoms. The van der Waals surface area contributed by atoms with Gasteiger partial charge in [0.2, 0.25) is 0 Å². The average Bonchev–Trinajstić information content (AvgIpc) is 3.16. The van der Waals surface area contributed by atoms with Crippen molar-refractivity contribution >= 4 is 18.0 Å². The highest BCUT2D eigenvalue weighted by atomic mass is 35.5. The molecule has 2 nitrogen and oxygen atoms in total. The minimum absolute atomic E-state index is 0. The van der Waals surface area contributed by atoms with E-state index < -0.39 is 0 Å². The first kappa shape index (κ1) is 19.0. The monoisotopic (exact) mass is 353 g/mol. The first-order valence-electron chi connectivity index (χ1n) is 8.47. The van der Waals surface area contributed by atoms with E-state index in [1.807, 2.05) is 12.1 Å². The van der Waals surface area contributed by atoms with Crippen LogP contribution in [0.4, 0.5) is 0 Å². The van der Waals surface area contributed by atoms with E-state index in [1.165, 1.54) is 16.7 Å². The second kappa shape index (κ2) is 10.5. The lowest BCUT2D eigenvalue weighted by Crippen LogP contribution is -2.13. The largest absolute Gasteiger partial charge is 0.468 e. The molecular weight excluding hydrogens is 330 g/mol. The fourth-order valence-corrected chi connectivity index (χ4v) is 2.74. The number of furan rings is 1. The molecule has 0 bridgehead atoms. The van der Waals surface area contributed by atoms with Crippen LogP contribution < -0.4 is 5.32 Å². The minimum atomic E-state index is 0. The molecule has 3 rings (SSSR count). The van der Waals surface area contributed by atoms with Crippen LogP contribution in [0, 0.1) is 0 Å². The molecule has 1 heterocycles. The number of allylic oxidation sites excluding steroid dienone is 1. The lowest BCUT2D eigenvalue weighted by Gasteiger charge is -2.09. The van der Waals surface area contributed by atoms with Gasteiger partial charge in [-0.1, -0.05) is 66.7 Å². The molecule has 0 aliphatic rings. The predicted octanol–water partition coefficient (Wildman–Crippen LogP) is 5.70. The van der Waals surface area contributed by atoms with Crippen LogP contribution >= 0.6 is 12.4 Å². The Hall–Kier alpha value is -2.29. The molecule has 0 radical (unpaired) electrons. The van der Waals surface area contributed by atoms with Crippen molar-refractivity contribution in [3.63, 3.8) is 0 Å². The van der Waals surface area contributed by atoms with Gasteiger partial charge in [-0.15, -0.1) is 12.4 Å². The Morgan fingerprint density at radius 3 is 2.04 bits per heavy atom. The van der Waals surface area contributed by atoms with Crippen LogP contribution in [0.5, 0.6) is 0 Å². The summed E-state index contributed by atoms with van der Waals surface area (Å²) in [4.78, 5) is 0. The fourth-order valence-electron chi connectivity index (χ4n) is 2.74. The summed E-state index contributed by atoms with van der Waals surface area (Å²) in [5.41, 5.74) is 3.85. The van der Waals surface area contributed by atoms with Gasteiger partial charge in [0.25, 0.3) is 0 Å². The van der Waals surface area contributed by atoms with Crippen LogP contribution in [-0.4, -0.2) is 6.54 Å². The smallest absolute Gasteiger partial charge is 0.117 e. The van der Waals surface area contributed by atoms with Crippen molar-refractivity contribution in [3.8, 4) is 0 Å². The van der Waals surface area contributed by atoms with Crippen molar-refractivity contribution < 1.29 is 4.42 Å². The van der Waals surface area contributed by atoms with E-state index in [0.29, 0.717) is 0 Å². The maximum Gasteiger partial charge on any atom is 0.117 e. The molecule has 0 saturated heterocycles. The molecule has 0 saturated carbocycles. The highest BCUT2D eigenvalue weighted by Crippen LogP contribution is 2.23. The van der Waals surface area contributed by atoms with E-state index in [4.69, 9.17) is 4.42 Å². The third-order valence-corrected chi connectivity index (χ3v) is 3.96. The van der Waals surface area contributed by atoms with Gasteiger partial charge in [0.05, 0.1) is 12.8 Å². The molecule has 0 aliphatic heterocycles. The van der Waals surface area contributed by atoms with E-state index >= 15 is 0 Å². The summed E-state index contributed by atoms with van der Waals surface area (Å²) in [6, 6.07) is 25.1. The lowest BCUT2D eigenvalue weighted by atomic mass is 9.96. The molecule has 0 amide bonds. The van der Waals surface area contributed by atoms with Crippen molar-refractivity contribution in [1.29, 1.82) is 0 Å². The Bertz CT molecular complexity index is 695. The minimum Gasteiger partial charge on any atom is -0.468 e. The third kappa shape index (κ3) is 5.93. The van der Waals surface area contributed by atoms with E-state index in [-0.39, 0.29) is 12.4 Å². The maximum absolute atomic E-state index is 5.32. The molecule has 1 N–H and O–H groups in total. The second-order valence-corrected chi connectivity index (χ2v) is 5.75. The first-order valence-corrected chi connectivity index (χ1v) is 8.47. The molecular formula is C22H24ClNO. The van der Waals surface area contributed by atoms with Crippen LogP contribution in [0.25, 0.3) is 5.57 Å². The molecule has 3 aromatic rings. The summed E-state index contributed by atoms with van der Waals surface area (Å²) in [6.07, 6.45) is 6.21. The summed E-state index contributed by atoms with van der Waals surface area (Å²) in [5, 5.41) is 3.42. The van der Waals surface area contributed by atoms with Crippen molar-refractivity contribution in [2.45, 2.75) is 19.4 Å². The van der Waals surface area contributed by atoms with Crippen LogP contribution in [0.15, 0.2) is 89.6 Å². The molecule has 2 aromatic carbocycles. The molecule has 0 atom stereocenters. The summed E-state index contributed by atoms with van der Waals surface area (Å²) in [6.45, 7) is 1.77. The molecule has 0 unspecified atom stereocenters. The Kier molecular flexibility index (Phi) is 8.03. The van der Waals surface area contributed by atoms with Gasteiger partial charge in [0, 0.05) is 0 Å². The number of rotatable bonds is 8. The molecule has 3 heteroatoms. The number of benzene rings is 2. The quantitative estimate of drug-likeness (QED) is 0.525. The van der Waals surface area contributed by atoms with E-state index in [2.05, 4.69) is 72.1 Å². The van der Waals surface area contributed by atoms with Gasteiger partial charge in [-0.2, -0.15) is 0 Å². The van der Waals surface area contributed by atoms with Crippen molar-refractivity contribution in [2.75, 3.05) is 6.54 Å². The zero-order chi connectivity index (χ0) is 16.5. The van der Waals surface area contributed by atoms with Gasteiger partial charge in [-0.05, 0) is 48.2 Å². The van der Waals surface area contributed by atoms with Crippen molar-refractivity contribution in [3.05, 3.63) is 102 Å². The number of hydrogen-bond donors (Lipinski definition) is 1. The van der Waals surface area contributed by atoms with Gasteiger partial charge in [-0.3, -0.25) is 0 Å². The van der Waals surface area contributed by atoms with Crippen molar-refractivity contribution in [1.82, 2.24) is 5.32 Å². The fraction of sp³-hybridized carbons (Fsp3) is 0.182. The first-order chi connectivity index (χ1) is 11.9. The zero-order valence-electron chi connectivity index (χ0n) is 14.2. The Morgan fingerprint density at radius 1 is 0.840 bits per heavy atom. The highest BCUT2D eigenvalue weighted by Gasteiger charge is 2.03. The number of nitrogens with one attached hydrogen (secondary N) is 1. The average molecular weight is 354 g/mol.